The van der Waals surface area contributed by atoms with Crippen molar-refractivity contribution < 1.29 is 18.0 Å². The first-order valence-electron chi connectivity index (χ1n) is 7.60. The van der Waals surface area contributed by atoms with Gasteiger partial charge >= 0.3 is 6.18 Å². The number of hydrogen-bond acceptors (Lipinski definition) is 2. The first kappa shape index (κ1) is 17.5. The Hall–Kier alpha value is -2.34. The number of carbonyl (C=O) groups is 1. The predicted octanol–water partition coefficient (Wildman–Crippen LogP) is 4.61. The van der Waals surface area contributed by atoms with E-state index in [2.05, 4.69) is 10.5 Å². The number of carbonyl (C=O) groups excluding carboxylic acids is 1. The fraction of sp³-hybridized carbons (Fsp3) is 0.222. The summed E-state index contributed by atoms with van der Waals surface area (Å²) in [5.74, 6) is -0.302. The normalized spacial score (nSPS) is 19.8. The van der Waals surface area contributed by atoms with Crippen LogP contribution in [0.3, 0.4) is 0 Å². The van der Waals surface area contributed by atoms with Gasteiger partial charge in [0.25, 0.3) is 0 Å². The first-order chi connectivity index (χ1) is 11.8. The SMILES string of the molecule is O=C(NN=Cc1cccc(C(F)(F)F)c1)C1CC1c1ccc(Cl)cc1. The Balaban J connectivity index is 1.56. The third kappa shape index (κ3) is 4.39. The second-order valence-electron chi connectivity index (χ2n) is 5.86. The van der Waals surface area contributed by atoms with Crippen molar-refractivity contribution in [1.82, 2.24) is 5.43 Å². The molecule has 0 spiro atoms. The monoisotopic (exact) mass is 366 g/mol. The lowest BCUT2D eigenvalue weighted by Crippen LogP contribution is -2.20. The van der Waals surface area contributed by atoms with Crippen molar-refractivity contribution >= 4 is 23.7 Å². The van der Waals surface area contributed by atoms with Gasteiger partial charge in [-0.05, 0) is 47.7 Å². The van der Waals surface area contributed by atoms with Gasteiger partial charge in [-0.2, -0.15) is 18.3 Å². The number of amides is 1. The van der Waals surface area contributed by atoms with Gasteiger partial charge in [-0.25, -0.2) is 5.43 Å². The molecule has 2 atom stereocenters. The summed E-state index contributed by atoms with van der Waals surface area (Å²) in [5, 5.41) is 4.39. The van der Waals surface area contributed by atoms with Gasteiger partial charge in [-0.15, -0.1) is 0 Å². The van der Waals surface area contributed by atoms with Crippen LogP contribution in [0.5, 0.6) is 0 Å². The minimum absolute atomic E-state index is 0.126. The van der Waals surface area contributed by atoms with Gasteiger partial charge < -0.3 is 0 Å². The number of nitrogens with zero attached hydrogens (tertiary/aromatic N) is 1. The Labute approximate surface area is 147 Å². The number of hydrogen-bond donors (Lipinski definition) is 1. The van der Waals surface area contributed by atoms with Gasteiger partial charge in [-0.3, -0.25) is 4.79 Å². The molecule has 1 saturated carbocycles. The third-order valence-corrected chi connectivity index (χ3v) is 4.28. The minimum Gasteiger partial charge on any atom is -0.273 e. The highest BCUT2D eigenvalue weighted by Gasteiger charge is 2.43. The molecule has 1 fully saturated rings. The van der Waals surface area contributed by atoms with E-state index < -0.39 is 11.7 Å². The molecular weight excluding hydrogens is 353 g/mol. The highest BCUT2D eigenvalue weighted by atomic mass is 35.5. The van der Waals surface area contributed by atoms with Gasteiger partial charge in [0.15, 0.2) is 0 Å². The van der Waals surface area contributed by atoms with Crippen molar-refractivity contribution in [3.63, 3.8) is 0 Å². The van der Waals surface area contributed by atoms with Crippen LogP contribution in [0.4, 0.5) is 13.2 Å². The average Bonchev–Trinajstić information content (AvgIpc) is 3.36. The zero-order valence-electron chi connectivity index (χ0n) is 12.9. The maximum absolute atomic E-state index is 12.6. The number of hydrazone groups is 1. The predicted molar refractivity (Wildman–Crippen MR) is 89.5 cm³/mol. The van der Waals surface area contributed by atoms with Crippen LogP contribution in [0.1, 0.15) is 29.0 Å². The molecule has 0 heterocycles. The molecule has 3 rings (SSSR count). The summed E-state index contributed by atoms with van der Waals surface area (Å²) in [4.78, 5) is 12.0. The fourth-order valence-corrected chi connectivity index (χ4v) is 2.74. The van der Waals surface area contributed by atoms with Crippen LogP contribution in [0.2, 0.25) is 5.02 Å². The van der Waals surface area contributed by atoms with Gasteiger partial charge in [0.2, 0.25) is 5.91 Å². The third-order valence-electron chi connectivity index (χ3n) is 4.03. The van der Waals surface area contributed by atoms with Gasteiger partial charge in [0, 0.05) is 10.9 Å². The van der Waals surface area contributed by atoms with E-state index in [0.717, 1.165) is 17.7 Å². The molecule has 2 unspecified atom stereocenters. The average molecular weight is 367 g/mol. The molecule has 0 saturated heterocycles. The molecule has 1 N–H and O–H groups in total. The van der Waals surface area contributed by atoms with Crippen LogP contribution >= 0.6 is 11.6 Å². The molecule has 1 amide bonds. The van der Waals surface area contributed by atoms with Crippen LogP contribution in [-0.4, -0.2) is 12.1 Å². The molecule has 2 aromatic carbocycles. The molecule has 0 aromatic heterocycles. The van der Waals surface area contributed by atoms with Gasteiger partial charge in [0.1, 0.15) is 0 Å². The van der Waals surface area contributed by atoms with Crippen LogP contribution in [0.15, 0.2) is 53.6 Å². The number of nitrogens with one attached hydrogen (secondary N) is 1. The molecule has 1 aliphatic rings. The van der Waals surface area contributed by atoms with E-state index in [1.54, 1.807) is 12.1 Å². The Kier molecular flexibility index (Phi) is 4.81. The lowest BCUT2D eigenvalue weighted by atomic mass is 10.1. The molecule has 7 heteroatoms. The summed E-state index contributed by atoms with van der Waals surface area (Å²) in [6.45, 7) is 0. The van der Waals surface area contributed by atoms with Crippen molar-refractivity contribution in [2.24, 2.45) is 11.0 Å². The van der Waals surface area contributed by atoms with Crippen molar-refractivity contribution in [1.29, 1.82) is 0 Å². The van der Waals surface area contributed by atoms with E-state index in [9.17, 15) is 18.0 Å². The Morgan fingerprint density at radius 3 is 2.60 bits per heavy atom. The maximum Gasteiger partial charge on any atom is 0.416 e. The Morgan fingerprint density at radius 1 is 1.20 bits per heavy atom. The topological polar surface area (TPSA) is 41.5 Å². The van der Waals surface area contributed by atoms with E-state index in [1.165, 1.54) is 18.3 Å². The number of rotatable bonds is 4. The van der Waals surface area contributed by atoms with E-state index in [1.807, 2.05) is 12.1 Å². The summed E-state index contributed by atoms with van der Waals surface area (Å²) in [6, 6.07) is 12.0. The maximum atomic E-state index is 12.6. The molecule has 3 nitrogen and oxygen atoms in total. The summed E-state index contributed by atoms with van der Waals surface area (Å²) in [5.41, 5.74) is 2.93. The lowest BCUT2D eigenvalue weighted by molar-refractivity contribution is -0.137. The van der Waals surface area contributed by atoms with Crippen LogP contribution in [0, 0.1) is 5.92 Å². The van der Waals surface area contributed by atoms with E-state index >= 15 is 0 Å². The number of alkyl halides is 3. The van der Waals surface area contributed by atoms with Crippen LogP contribution < -0.4 is 5.43 Å². The standard InChI is InChI=1S/C18H14ClF3N2O/c19-14-6-4-12(5-7-14)15-9-16(15)17(25)24-23-10-11-2-1-3-13(8-11)18(20,21)22/h1-8,10,15-16H,9H2,(H,24,25). The molecule has 2 aromatic rings. The van der Waals surface area contributed by atoms with E-state index in [0.29, 0.717) is 11.4 Å². The van der Waals surface area contributed by atoms with E-state index in [-0.39, 0.29) is 23.3 Å². The smallest absolute Gasteiger partial charge is 0.273 e. The van der Waals surface area contributed by atoms with Crippen molar-refractivity contribution in [2.75, 3.05) is 0 Å². The highest BCUT2D eigenvalue weighted by Crippen LogP contribution is 2.47. The molecule has 1 aliphatic carbocycles. The Bertz CT molecular complexity index is 803. The zero-order valence-corrected chi connectivity index (χ0v) is 13.7. The van der Waals surface area contributed by atoms with E-state index in [4.69, 9.17) is 11.6 Å². The van der Waals surface area contributed by atoms with Crippen molar-refractivity contribution in [3.8, 4) is 0 Å². The summed E-state index contributed by atoms with van der Waals surface area (Å²) in [6.07, 6.45) is -2.49. The second kappa shape index (κ2) is 6.88. The van der Waals surface area contributed by atoms with Crippen molar-refractivity contribution in [3.05, 3.63) is 70.2 Å². The molecule has 0 bridgehead atoms. The summed E-state index contributed by atoms with van der Waals surface area (Å²) >= 11 is 5.83. The largest absolute Gasteiger partial charge is 0.416 e. The fourth-order valence-electron chi connectivity index (χ4n) is 2.61. The molecule has 25 heavy (non-hydrogen) atoms. The number of benzene rings is 2. The van der Waals surface area contributed by atoms with Crippen LogP contribution in [-0.2, 0) is 11.0 Å². The summed E-state index contributed by atoms with van der Waals surface area (Å²) in [7, 11) is 0. The lowest BCUT2D eigenvalue weighted by Gasteiger charge is -2.06. The van der Waals surface area contributed by atoms with Crippen LogP contribution in [0.25, 0.3) is 0 Å². The molecule has 130 valence electrons. The number of halogens is 4. The Morgan fingerprint density at radius 2 is 1.92 bits per heavy atom. The molecular formula is C18H14ClF3N2O. The first-order valence-corrected chi connectivity index (χ1v) is 7.98. The second-order valence-corrected chi connectivity index (χ2v) is 6.29. The molecule has 0 aliphatic heterocycles. The van der Waals surface area contributed by atoms with Gasteiger partial charge in [-0.1, -0.05) is 35.9 Å². The highest BCUT2D eigenvalue weighted by molar-refractivity contribution is 6.30. The minimum atomic E-state index is -4.41. The quantitative estimate of drug-likeness (QED) is 0.623. The van der Waals surface area contributed by atoms with Crippen molar-refractivity contribution in [2.45, 2.75) is 18.5 Å². The molecule has 0 radical (unpaired) electrons. The summed E-state index contributed by atoms with van der Waals surface area (Å²) < 4.78 is 37.9. The van der Waals surface area contributed by atoms with Gasteiger partial charge in [0.05, 0.1) is 11.8 Å². The zero-order chi connectivity index (χ0) is 18.0.